The number of aliphatic hydroxyl groups is 1. The SMILES string of the molecule is CCc1cccc(CC)c1NC(=O)CN1CCC[C@H](O)C1. The van der Waals surface area contributed by atoms with Crippen molar-refractivity contribution < 1.29 is 9.90 Å². The van der Waals surface area contributed by atoms with E-state index in [-0.39, 0.29) is 12.0 Å². The van der Waals surface area contributed by atoms with Crippen LogP contribution in [0.4, 0.5) is 5.69 Å². The molecule has 1 heterocycles. The first-order valence-corrected chi connectivity index (χ1v) is 7.95. The van der Waals surface area contributed by atoms with Crippen molar-refractivity contribution in [1.29, 1.82) is 0 Å². The summed E-state index contributed by atoms with van der Waals surface area (Å²) in [4.78, 5) is 14.3. The molecule has 2 rings (SSSR count). The van der Waals surface area contributed by atoms with Crippen LogP contribution in [0.3, 0.4) is 0 Å². The minimum absolute atomic E-state index is 0.0136. The maximum absolute atomic E-state index is 12.3. The lowest BCUT2D eigenvalue weighted by Crippen LogP contribution is -2.42. The van der Waals surface area contributed by atoms with Crippen molar-refractivity contribution >= 4 is 11.6 Å². The van der Waals surface area contributed by atoms with Gasteiger partial charge in [0.05, 0.1) is 12.6 Å². The van der Waals surface area contributed by atoms with Gasteiger partial charge in [0, 0.05) is 12.2 Å². The molecule has 1 fully saturated rings. The Morgan fingerprint density at radius 3 is 2.57 bits per heavy atom. The Balaban J connectivity index is 2.02. The third kappa shape index (κ3) is 4.29. The Hall–Kier alpha value is -1.39. The van der Waals surface area contributed by atoms with Gasteiger partial charge in [-0.3, -0.25) is 9.69 Å². The van der Waals surface area contributed by atoms with Gasteiger partial charge >= 0.3 is 0 Å². The molecule has 0 saturated carbocycles. The average molecular weight is 290 g/mol. The van der Waals surface area contributed by atoms with Crippen LogP contribution < -0.4 is 5.32 Å². The molecule has 0 aliphatic carbocycles. The molecule has 0 bridgehead atoms. The van der Waals surface area contributed by atoms with Crippen LogP contribution in [-0.2, 0) is 17.6 Å². The predicted molar refractivity (Wildman–Crippen MR) is 85.5 cm³/mol. The molecule has 0 unspecified atom stereocenters. The first kappa shape index (κ1) is 16.0. The molecule has 0 spiro atoms. The van der Waals surface area contributed by atoms with Crippen LogP contribution in [0.15, 0.2) is 18.2 Å². The van der Waals surface area contributed by atoms with Crippen LogP contribution in [-0.4, -0.2) is 41.7 Å². The molecule has 1 aliphatic heterocycles. The highest BCUT2D eigenvalue weighted by Crippen LogP contribution is 2.22. The number of benzene rings is 1. The molecule has 116 valence electrons. The van der Waals surface area contributed by atoms with Gasteiger partial charge in [0.1, 0.15) is 0 Å². The summed E-state index contributed by atoms with van der Waals surface area (Å²) in [5, 5.41) is 12.8. The van der Waals surface area contributed by atoms with Crippen molar-refractivity contribution in [2.45, 2.75) is 45.6 Å². The normalized spacial score (nSPS) is 19.5. The second-order valence-corrected chi connectivity index (χ2v) is 5.74. The largest absolute Gasteiger partial charge is 0.392 e. The van der Waals surface area contributed by atoms with E-state index in [1.54, 1.807) is 0 Å². The highest BCUT2D eigenvalue weighted by atomic mass is 16.3. The molecular weight excluding hydrogens is 264 g/mol. The molecule has 4 heteroatoms. The standard InChI is InChI=1S/C17H26N2O2/c1-3-13-7-5-8-14(4-2)17(13)18-16(21)12-19-10-6-9-15(20)11-19/h5,7-8,15,20H,3-4,6,9-12H2,1-2H3,(H,18,21)/t15-/m0/s1. The van der Waals surface area contributed by atoms with E-state index in [2.05, 4.69) is 31.3 Å². The number of carbonyl (C=O) groups is 1. The van der Waals surface area contributed by atoms with Crippen molar-refractivity contribution in [2.75, 3.05) is 25.0 Å². The minimum atomic E-state index is -0.291. The molecule has 1 saturated heterocycles. The number of nitrogens with one attached hydrogen (secondary N) is 1. The zero-order valence-electron chi connectivity index (χ0n) is 13.1. The summed E-state index contributed by atoms with van der Waals surface area (Å²) >= 11 is 0. The number of piperidine rings is 1. The van der Waals surface area contributed by atoms with Crippen LogP contribution in [0.25, 0.3) is 0 Å². The van der Waals surface area contributed by atoms with Crippen LogP contribution in [0, 0.1) is 0 Å². The number of para-hydroxylation sites is 1. The van der Waals surface area contributed by atoms with Crippen LogP contribution in [0.1, 0.15) is 37.8 Å². The first-order chi connectivity index (χ1) is 10.1. The van der Waals surface area contributed by atoms with E-state index in [9.17, 15) is 9.90 Å². The van der Waals surface area contributed by atoms with E-state index in [0.29, 0.717) is 13.1 Å². The quantitative estimate of drug-likeness (QED) is 0.874. The lowest BCUT2D eigenvalue weighted by atomic mass is 10.0. The maximum atomic E-state index is 12.3. The highest BCUT2D eigenvalue weighted by molar-refractivity contribution is 5.93. The molecule has 0 radical (unpaired) electrons. The fourth-order valence-electron chi connectivity index (χ4n) is 2.96. The van der Waals surface area contributed by atoms with E-state index in [1.807, 2.05) is 11.0 Å². The molecule has 1 atom stereocenters. The molecule has 2 N–H and O–H groups in total. The summed E-state index contributed by atoms with van der Waals surface area (Å²) in [6, 6.07) is 6.19. The van der Waals surface area contributed by atoms with Gasteiger partial charge in [-0.15, -0.1) is 0 Å². The van der Waals surface area contributed by atoms with Gasteiger partial charge in [-0.05, 0) is 43.4 Å². The van der Waals surface area contributed by atoms with Gasteiger partial charge in [-0.2, -0.15) is 0 Å². The van der Waals surface area contributed by atoms with Gasteiger partial charge in [0.15, 0.2) is 0 Å². The summed E-state index contributed by atoms with van der Waals surface area (Å²) < 4.78 is 0. The number of β-amino-alcohol motifs (C(OH)–C–C–N with tert-alkyl or cyclic N) is 1. The molecule has 1 amide bonds. The number of likely N-dealkylation sites (tertiary alicyclic amines) is 1. The van der Waals surface area contributed by atoms with E-state index in [4.69, 9.17) is 0 Å². The van der Waals surface area contributed by atoms with Gasteiger partial charge in [-0.25, -0.2) is 0 Å². The summed E-state index contributed by atoms with van der Waals surface area (Å²) in [5.41, 5.74) is 3.34. The molecule has 1 aliphatic rings. The number of nitrogens with zero attached hydrogens (tertiary/aromatic N) is 1. The van der Waals surface area contributed by atoms with Crippen LogP contribution in [0.5, 0.6) is 0 Å². The summed E-state index contributed by atoms with van der Waals surface area (Å²) in [6.45, 7) is 6.05. The fraction of sp³-hybridized carbons (Fsp3) is 0.588. The lowest BCUT2D eigenvalue weighted by Gasteiger charge is -2.29. The number of aryl methyl sites for hydroxylation is 2. The van der Waals surface area contributed by atoms with Crippen molar-refractivity contribution in [3.8, 4) is 0 Å². The maximum Gasteiger partial charge on any atom is 0.238 e. The third-order valence-corrected chi connectivity index (χ3v) is 4.11. The minimum Gasteiger partial charge on any atom is -0.392 e. The average Bonchev–Trinajstić information content (AvgIpc) is 2.47. The molecule has 4 nitrogen and oxygen atoms in total. The zero-order valence-corrected chi connectivity index (χ0v) is 13.1. The second-order valence-electron chi connectivity index (χ2n) is 5.74. The second kappa shape index (κ2) is 7.57. The number of anilines is 1. The lowest BCUT2D eigenvalue weighted by molar-refractivity contribution is -0.118. The number of carbonyl (C=O) groups excluding carboxylic acids is 1. The van der Waals surface area contributed by atoms with Crippen molar-refractivity contribution in [3.63, 3.8) is 0 Å². The smallest absolute Gasteiger partial charge is 0.238 e. The Kier molecular flexibility index (Phi) is 5.76. The Morgan fingerprint density at radius 2 is 2.00 bits per heavy atom. The van der Waals surface area contributed by atoms with Crippen molar-refractivity contribution in [1.82, 2.24) is 4.90 Å². The molecular formula is C17H26N2O2. The van der Waals surface area contributed by atoms with Crippen molar-refractivity contribution in [3.05, 3.63) is 29.3 Å². The van der Waals surface area contributed by atoms with Gasteiger partial charge in [-0.1, -0.05) is 32.0 Å². The van der Waals surface area contributed by atoms with E-state index in [1.165, 1.54) is 11.1 Å². The molecule has 21 heavy (non-hydrogen) atoms. The third-order valence-electron chi connectivity index (χ3n) is 4.11. The van der Waals surface area contributed by atoms with Crippen LogP contribution >= 0.6 is 0 Å². The van der Waals surface area contributed by atoms with Gasteiger partial charge < -0.3 is 10.4 Å². The number of amides is 1. The van der Waals surface area contributed by atoms with Crippen LogP contribution in [0.2, 0.25) is 0 Å². The van der Waals surface area contributed by atoms with Gasteiger partial charge in [0.25, 0.3) is 0 Å². The van der Waals surface area contributed by atoms with Crippen molar-refractivity contribution in [2.24, 2.45) is 0 Å². The fourth-order valence-corrected chi connectivity index (χ4v) is 2.96. The van der Waals surface area contributed by atoms with Gasteiger partial charge in [0.2, 0.25) is 5.91 Å². The molecule has 1 aromatic rings. The monoisotopic (exact) mass is 290 g/mol. The number of aliphatic hydroxyl groups excluding tert-OH is 1. The predicted octanol–water partition coefficient (Wildman–Crippen LogP) is 2.21. The summed E-state index contributed by atoms with van der Waals surface area (Å²) in [5.74, 6) is 0.0136. The van der Waals surface area contributed by atoms with E-state index in [0.717, 1.165) is 37.9 Å². The highest BCUT2D eigenvalue weighted by Gasteiger charge is 2.20. The first-order valence-electron chi connectivity index (χ1n) is 7.95. The number of hydrogen-bond acceptors (Lipinski definition) is 3. The topological polar surface area (TPSA) is 52.6 Å². The zero-order chi connectivity index (χ0) is 15.2. The summed E-state index contributed by atoms with van der Waals surface area (Å²) in [6.07, 6.45) is 3.33. The molecule has 0 aromatic heterocycles. The number of rotatable bonds is 5. The molecule has 1 aromatic carbocycles. The Bertz CT molecular complexity index is 465. The summed E-state index contributed by atoms with van der Waals surface area (Å²) in [7, 11) is 0. The Morgan fingerprint density at radius 1 is 1.33 bits per heavy atom. The van der Waals surface area contributed by atoms with E-state index < -0.39 is 0 Å². The van der Waals surface area contributed by atoms with E-state index >= 15 is 0 Å². The Labute approximate surface area is 127 Å². The number of hydrogen-bond donors (Lipinski definition) is 2.